The first-order chi connectivity index (χ1) is 18.4. The lowest BCUT2D eigenvalue weighted by molar-refractivity contribution is -0.120. The maximum absolute atomic E-state index is 14.7. The van der Waals surface area contributed by atoms with Gasteiger partial charge in [-0.15, -0.1) is 0 Å². The van der Waals surface area contributed by atoms with E-state index in [9.17, 15) is 14.0 Å². The van der Waals surface area contributed by atoms with E-state index in [0.717, 1.165) is 62.6 Å². The third kappa shape index (κ3) is 8.37. The van der Waals surface area contributed by atoms with E-state index in [2.05, 4.69) is 36.3 Å². The number of aromatic nitrogens is 4. The fourth-order valence-electron chi connectivity index (χ4n) is 4.90. The van der Waals surface area contributed by atoms with Gasteiger partial charge in [0.2, 0.25) is 11.9 Å². The average molecular weight is 531 g/mol. The van der Waals surface area contributed by atoms with E-state index in [1.165, 1.54) is 19.0 Å². The van der Waals surface area contributed by atoms with Gasteiger partial charge < -0.3 is 26.4 Å². The second-order valence-corrected chi connectivity index (χ2v) is 10.4. The van der Waals surface area contributed by atoms with Gasteiger partial charge in [0.05, 0.1) is 18.9 Å². The summed E-state index contributed by atoms with van der Waals surface area (Å²) in [6, 6.07) is 0.460. The van der Waals surface area contributed by atoms with Gasteiger partial charge in [0, 0.05) is 43.5 Å². The van der Waals surface area contributed by atoms with Crippen LogP contribution in [0.1, 0.15) is 63.5 Å². The molecule has 12 heteroatoms. The highest BCUT2D eigenvalue weighted by Crippen LogP contribution is 2.36. The number of amides is 2. The number of nitrogens with zero attached hydrogens (tertiary/aromatic N) is 4. The van der Waals surface area contributed by atoms with Crippen LogP contribution in [0.15, 0.2) is 12.4 Å². The number of unbranched alkanes of at least 4 members (excludes halogenated alkanes) is 2. The molecular formula is C26H39FN8O3. The summed E-state index contributed by atoms with van der Waals surface area (Å²) in [6.45, 7) is 1.30. The van der Waals surface area contributed by atoms with Gasteiger partial charge in [0.1, 0.15) is 5.69 Å². The Bertz CT molecular complexity index is 1080. The lowest BCUT2D eigenvalue weighted by Gasteiger charge is -2.29. The Balaban J connectivity index is 1.16. The minimum Gasteiger partial charge on any atom is -0.465 e. The Labute approximate surface area is 222 Å². The summed E-state index contributed by atoms with van der Waals surface area (Å²) < 4.78 is 16.5. The number of rotatable bonds is 14. The number of carbonyl (C=O) groups excluding carboxylic acids is 1. The smallest absolute Gasteiger partial charge is 0.404 e. The SMILES string of the molecule is Cn1ncc(-c2nc(N[C@H]3CC[C@H](NCC(=O)NCCCCCNC(=O)O)CC3)ncc2F)c1CC1CC1. The van der Waals surface area contributed by atoms with Gasteiger partial charge >= 0.3 is 6.09 Å². The second kappa shape index (κ2) is 13.5. The molecule has 208 valence electrons. The molecule has 2 heterocycles. The van der Waals surface area contributed by atoms with Crippen molar-refractivity contribution in [2.75, 3.05) is 25.0 Å². The van der Waals surface area contributed by atoms with Crippen molar-refractivity contribution >= 4 is 17.9 Å². The maximum Gasteiger partial charge on any atom is 0.404 e. The van der Waals surface area contributed by atoms with Crippen LogP contribution in [0.4, 0.5) is 15.1 Å². The van der Waals surface area contributed by atoms with Crippen molar-refractivity contribution in [3.05, 3.63) is 23.9 Å². The van der Waals surface area contributed by atoms with Crippen LogP contribution < -0.4 is 21.3 Å². The van der Waals surface area contributed by atoms with Gasteiger partial charge in [-0.2, -0.15) is 5.10 Å². The number of anilines is 1. The predicted octanol–water partition coefficient (Wildman–Crippen LogP) is 2.84. The molecular weight excluding hydrogens is 491 g/mol. The third-order valence-electron chi connectivity index (χ3n) is 7.30. The largest absolute Gasteiger partial charge is 0.465 e. The van der Waals surface area contributed by atoms with Gasteiger partial charge in [-0.3, -0.25) is 9.48 Å². The Morgan fingerprint density at radius 2 is 1.74 bits per heavy atom. The summed E-state index contributed by atoms with van der Waals surface area (Å²) >= 11 is 0. The Hall–Kier alpha value is -3.28. The van der Waals surface area contributed by atoms with E-state index in [1.54, 1.807) is 6.20 Å². The van der Waals surface area contributed by atoms with Crippen LogP contribution in [-0.2, 0) is 18.3 Å². The zero-order valence-corrected chi connectivity index (χ0v) is 22.0. The zero-order chi connectivity index (χ0) is 26.9. The van der Waals surface area contributed by atoms with Crippen LogP contribution in [0.3, 0.4) is 0 Å². The molecule has 0 atom stereocenters. The fourth-order valence-corrected chi connectivity index (χ4v) is 4.90. The summed E-state index contributed by atoms with van der Waals surface area (Å²) in [5.74, 6) is 0.609. The molecule has 2 aliphatic carbocycles. The number of hydrogen-bond donors (Lipinski definition) is 5. The fraction of sp³-hybridized carbons (Fsp3) is 0.654. The molecule has 0 aliphatic heterocycles. The van der Waals surface area contributed by atoms with E-state index in [1.807, 2.05) is 11.7 Å². The highest BCUT2D eigenvalue weighted by atomic mass is 19.1. The van der Waals surface area contributed by atoms with Gasteiger partial charge in [-0.25, -0.2) is 19.2 Å². The summed E-state index contributed by atoms with van der Waals surface area (Å²) in [5, 5.41) is 24.8. The minimum atomic E-state index is -1.01. The Kier molecular flexibility index (Phi) is 9.85. The topological polar surface area (TPSA) is 146 Å². The number of carboxylic acid groups (broad SMARTS) is 1. The van der Waals surface area contributed by atoms with Crippen LogP contribution >= 0.6 is 0 Å². The van der Waals surface area contributed by atoms with E-state index >= 15 is 0 Å². The monoisotopic (exact) mass is 530 g/mol. The molecule has 38 heavy (non-hydrogen) atoms. The molecule has 0 aromatic carbocycles. The van der Waals surface area contributed by atoms with E-state index in [0.29, 0.717) is 30.6 Å². The van der Waals surface area contributed by atoms with Gasteiger partial charge in [0.25, 0.3) is 0 Å². The number of hydrogen-bond acceptors (Lipinski definition) is 7. The van der Waals surface area contributed by atoms with E-state index in [4.69, 9.17) is 5.11 Å². The quantitative estimate of drug-likeness (QED) is 0.234. The third-order valence-corrected chi connectivity index (χ3v) is 7.30. The highest BCUT2D eigenvalue weighted by Gasteiger charge is 2.27. The molecule has 2 amide bonds. The molecule has 2 saturated carbocycles. The first kappa shape index (κ1) is 27.7. The van der Waals surface area contributed by atoms with E-state index in [-0.39, 0.29) is 24.5 Å². The lowest BCUT2D eigenvalue weighted by atomic mass is 9.91. The van der Waals surface area contributed by atoms with Crippen molar-refractivity contribution in [1.29, 1.82) is 0 Å². The van der Waals surface area contributed by atoms with Crippen molar-refractivity contribution in [2.24, 2.45) is 13.0 Å². The molecule has 4 rings (SSSR count). The number of halogens is 1. The minimum absolute atomic E-state index is 0.0300. The summed E-state index contributed by atoms with van der Waals surface area (Å²) in [4.78, 5) is 31.2. The molecule has 0 spiro atoms. The van der Waals surface area contributed by atoms with Crippen molar-refractivity contribution in [2.45, 2.75) is 76.3 Å². The standard InChI is InChI=1S/C26H39FN8O3/c1-35-22(13-17-5-6-17)20(14-32-35)24-21(27)15-31-25(34-24)33-19-9-7-18(8-10-19)30-16-23(36)28-11-3-2-4-12-29-26(37)38/h14-15,17-19,29-30H,2-13,16H2,1H3,(H,28,36)(H,37,38)(H,31,33,34)/t18-,19-. The van der Waals surface area contributed by atoms with Crippen molar-refractivity contribution in [3.63, 3.8) is 0 Å². The molecule has 2 aromatic rings. The Morgan fingerprint density at radius 1 is 1.03 bits per heavy atom. The maximum atomic E-state index is 14.7. The Morgan fingerprint density at radius 3 is 2.45 bits per heavy atom. The normalized spacial score (nSPS) is 19.2. The molecule has 5 N–H and O–H groups in total. The van der Waals surface area contributed by atoms with Crippen molar-refractivity contribution in [3.8, 4) is 11.3 Å². The lowest BCUT2D eigenvalue weighted by Crippen LogP contribution is -2.42. The molecule has 0 radical (unpaired) electrons. The van der Waals surface area contributed by atoms with Crippen molar-refractivity contribution in [1.82, 2.24) is 35.7 Å². The number of carbonyl (C=O) groups is 2. The van der Waals surface area contributed by atoms with Crippen molar-refractivity contribution < 1.29 is 19.1 Å². The highest BCUT2D eigenvalue weighted by molar-refractivity contribution is 5.78. The average Bonchev–Trinajstić information content (AvgIpc) is 3.65. The molecule has 2 aliphatic rings. The summed E-state index contributed by atoms with van der Waals surface area (Å²) in [6.07, 6.45) is 11.3. The molecule has 0 bridgehead atoms. The second-order valence-electron chi connectivity index (χ2n) is 10.4. The summed E-state index contributed by atoms with van der Waals surface area (Å²) in [5.41, 5.74) is 2.05. The van der Waals surface area contributed by atoms with Crippen LogP contribution in [0, 0.1) is 11.7 Å². The van der Waals surface area contributed by atoms with Crippen LogP contribution in [0.5, 0.6) is 0 Å². The number of aryl methyl sites for hydroxylation is 1. The van der Waals surface area contributed by atoms with Gasteiger partial charge in [-0.05, 0) is 70.1 Å². The van der Waals surface area contributed by atoms with Crippen LogP contribution in [0.2, 0.25) is 0 Å². The first-order valence-corrected chi connectivity index (χ1v) is 13.7. The molecule has 2 fully saturated rings. The van der Waals surface area contributed by atoms with E-state index < -0.39 is 11.9 Å². The molecule has 0 saturated heterocycles. The van der Waals surface area contributed by atoms with Crippen LogP contribution in [-0.4, -0.2) is 68.6 Å². The predicted molar refractivity (Wildman–Crippen MR) is 141 cm³/mol. The molecule has 0 unspecified atom stereocenters. The molecule has 11 nitrogen and oxygen atoms in total. The summed E-state index contributed by atoms with van der Waals surface area (Å²) in [7, 11) is 1.89. The molecule has 2 aromatic heterocycles. The van der Waals surface area contributed by atoms with Crippen LogP contribution in [0.25, 0.3) is 11.3 Å². The number of nitrogens with one attached hydrogen (secondary N) is 4. The first-order valence-electron chi connectivity index (χ1n) is 13.7. The van der Waals surface area contributed by atoms with Gasteiger partial charge in [0.15, 0.2) is 5.82 Å². The van der Waals surface area contributed by atoms with Gasteiger partial charge in [-0.1, -0.05) is 0 Å². The zero-order valence-electron chi connectivity index (χ0n) is 22.0.